The van der Waals surface area contributed by atoms with Crippen LogP contribution in [0.2, 0.25) is 0 Å². The van der Waals surface area contributed by atoms with Gasteiger partial charge in [0.2, 0.25) is 6.04 Å². The predicted octanol–water partition coefficient (Wildman–Crippen LogP) is 1.37. The first kappa shape index (κ1) is 22.7. The molecule has 33 heavy (non-hydrogen) atoms. The molecule has 0 unspecified atom stereocenters. The van der Waals surface area contributed by atoms with Gasteiger partial charge in [0.1, 0.15) is 17.8 Å². The topological polar surface area (TPSA) is 120 Å². The van der Waals surface area contributed by atoms with E-state index in [9.17, 15) is 19.7 Å². The molecule has 0 saturated carbocycles. The summed E-state index contributed by atoms with van der Waals surface area (Å²) >= 11 is 0. The Morgan fingerprint density at radius 3 is 2.27 bits per heavy atom. The van der Waals surface area contributed by atoms with Crippen molar-refractivity contribution < 1.29 is 28.7 Å². The number of anilines is 1. The van der Waals surface area contributed by atoms with Crippen molar-refractivity contribution >= 4 is 17.6 Å². The third-order valence-corrected chi connectivity index (χ3v) is 6.41. The van der Waals surface area contributed by atoms with Gasteiger partial charge in [0.15, 0.2) is 6.10 Å². The number of hydrogen-bond donors (Lipinski definition) is 1. The van der Waals surface area contributed by atoms with Gasteiger partial charge in [-0.2, -0.15) is 0 Å². The SMILES string of the molecule is COC(=O)[C@@H]1N[C@H]([C@H]2[C@@H](OC)C(=O)N2c2ccc(OC)cc2)[C@@H]([N+](=O)[O-])[C@@H]1c1ccccc1. The summed E-state index contributed by atoms with van der Waals surface area (Å²) in [6, 6.07) is 11.9. The lowest BCUT2D eigenvalue weighted by Crippen LogP contribution is -2.73. The molecule has 2 saturated heterocycles. The number of carbonyl (C=O) groups excluding carboxylic acids is 2. The lowest BCUT2D eigenvalue weighted by Gasteiger charge is -2.48. The number of esters is 1. The first-order valence-electron chi connectivity index (χ1n) is 10.4. The van der Waals surface area contributed by atoms with Crippen LogP contribution in [0.4, 0.5) is 5.69 Å². The van der Waals surface area contributed by atoms with Gasteiger partial charge >= 0.3 is 5.97 Å². The normalized spacial score (nSPS) is 28.8. The standard InChI is InChI=1S/C23H25N3O7/c1-31-15-11-9-14(10-12-15)25-20(21(32-2)22(25)27)18-19(26(29)30)16(13-7-5-4-6-8-13)17(24-18)23(28)33-3/h4-12,16-21,24H,1-3H3/t16-,17-,18+,19+,20+,21-/m1/s1. The minimum Gasteiger partial charge on any atom is -0.497 e. The number of ether oxygens (including phenoxy) is 3. The number of hydrogen-bond acceptors (Lipinski definition) is 8. The predicted molar refractivity (Wildman–Crippen MR) is 118 cm³/mol. The summed E-state index contributed by atoms with van der Waals surface area (Å²) in [4.78, 5) is 39.0. The molecule has 6 atom stereocenters. The second-order valence-corrected chi connectivity index (χ2v) is 7.96. The molecule has 10 heteroatoms. The molecule has 2 aromatic carbocycles. The van der Waals surface area contributed by atoms with Crippen LogP contribution >= 0.6 is 0 Å². The van der Waals surface area contributed by atoms with Crippen LogP contribution in [0.15, 0.2) is 54.6 Å². The number of β-lactam (4-membered cyclic amide) rings is 1. The molecular weight excluding hydrogens is 430 g/mol. The smallest absolute Gasteiger partial charge is 0.323 e. The summed E-state index contributed by atoms with van der Waals surface area (Å²) < 4.78 is 15.6. The number of benzene rings is 2. The molecule has 2 aliphatic rings. The number of nitro groups is 1. The van der Waals surface area contributed by atoms with Crippen molar-refractivity contribution in [2.45, 2.75) is 36.2 Å². The Balaban J connectivity index is 1.76. The Morgan fingerprint density at radius 1 is 1.06 bits per heavy atom. The lowest BCUT2D eigenvalue weighted by atomic mass is 9.81. The highest BCUT2D eigenvalue weighted by Gasteiger charge is 2.64. The third kappa shape index (κ3) is 3.81. The Morgan fingerprint density at radius 2 is 1.73 bits per heavy atom. The summed E-state index contributed by atoms with van der Waals surface area (Å²) in [5.41, 5.74) is 1.20. The molecule has 2 aliphatic heterocycles. The van der Waals surface area contributed by atoms with E-state index in [1.54, 1.807) is 54.6 Å². The number of nitrogens with zero attached hydrogens (tertiary/aromatic N) is 2. The van der Waals surface area contributed by atoms with E-state index >= 15 is 0 Å². The fraction of sp³-hybridized carbons (Fsp3) is 0.391. The molecule has 0 bridgehead atoms. The van der Waals surface area contributed by atoms with Crippen LogP contribution in [0.3, 0.4) is 0 Å². The van der Waals surface area contributed by atoms with Crippen molar-refractivity contribution in [2.24, 2.45) is 0 Å². The molecule has 0 radical (unpaired) electrons. The molecule has 4 rings (SSSR count). The highest BCUT2D eigenvalue weighted by molar-refractivity contribution is 6.05. The zero-order chi connectivity index (χ0) is 23.7. The van der Waals surface area contributed by atoms with Crippen molar-refractivity contribution in [3.8, 4) is 5.75 Å². The largest absolute Gasteiger partial charge is 0.497 e. The minimum absolute atomic E-state index is 0.311. The second-order valence-electron chi connectivity index (χ2n) is 7.96. The van der Waals surface area contributed by atoms with E-state index in [-0.39, 0.29) is 10.8 Å². The van der Waals surface area contributed by atoms with Crippen molar-refractivity contribution in [3.05, 3.63) is 70.3 Å². The van der Waals surface area contributed by atoms with Crippen molar-refractivity contribution in [2.75, 3.05) is 26.2 Å². The Labute approximate surface area is 190 Å². The maximum absolute atomic E-state index is 12.9. The van der Waals surface area contributed by atoms with Crippen LogP contribution in [0.25, 0.3) is 0 Å². The molecule has 174 valence electrons. The van der Waals surface area contributed by atoms with E-state index in [1.165, 1.54) is 26.2 Å². The molecular formula is C23H25N3O7. The molecule has 2 aromatic rings. The maximum atomic E-state index is 12.9. The number of methoxy groups -OCH3 is 3. The van der Waals surface area contributed by atoms with Crippen LogP contribution in [0, 0.1) is 10.1 Å². The first-order chi connectivity index (χ1) is 15.9. The Hall–Kier alpha value is -3.50. The number of amides is 1. The molecule has 10 nitrogen and oxygen atoms in total. The fourth-order valence-corrected chi connectivity index (χ4v) is 4.91. The van der Waals surface area contributed by atoms with Crippen molar-refractivity contribution in [1.29, 1.82) is 0 Å². The van der Waals surface area contributed by atoms with Crippen LogP contribution < -0.4 is 15.0 Å². The van der Waals surface area contributed by atoms with Crippen LogP contribution in [-0.4, -0.2) is 68.4 Å². The number of carbonyl (C=O) groups is 2. The molecule has 1 amide bonds. The lowest BCUT2D eigenvalue weighted by molar-refractivity contribution is -0.527. The fourth-order valence-electron chi connectivity index (χ4n) is 4.91. The van der Waals surface area contributed by atoms with Gasteiger partial charge < -0.3 is 19.1 Å². The van der Waals surface area contributed by atoms with Gasteiger partial charge in [0.05, 0.1) is 26.2 Å². The van der Waals surface area contributed by atoms with E-state index in [1.807, 2.05) is 0 Å². The minimum atomic E-state index is -1.20. The van der Waals surface area contributed by atoms with Gasteiger partial charge in [-0.25, -0.2) is 0 Å². The second kappa shape index (κ2) is 9.16. The molecule has 0 spiro atoms. The van der Waals surface area contributed by atoms with E-state index in [0.717, 1.165) is 0 Å². The average Bonchev–Trinajstić information content (AvgIpc) is 3.23. The number of nitrogens with one attached hydrogen (secondary N) is 1. The molecule has 2 fully saturated rings. The Bertz CT molecular complexity index is 1030. The van der Waals surface area contributed by atoms with Crippen LogP contribution in [0.5, 0.6) is 5.75 Å². The zero-order valence-electron chi connectivity index (χ0n) is 18.4. The van der Waals surface area contributed by atoms with Gasteiger partial charge in [-0.1, -0.05) is 30.3 Å². The highest BCUT2D eigenvalue weighted by atomic mass is 16.6. The Kier molecular flexibility index (Phi) is 6.30. The summed E-state index contributed by atoms with van der Waals surface area (Å²) in [5.74, 6) is -1.09. The van der Waals surface area contributed by atoms with E-state index in [4.69, 9.17) is 14.2 Å². The van der Waals surface area contributed by atoms with Gasteiger partial charge in [0, 0.05) is 17.7 Å². The molecule has 0 aliphatic carbocycles. The van der Waals surface area contributed by atoms with Crippen LogP contribution in [0.1, 0.15) is 11.5 Å². The monoisotopic (exact) mass is 455 g/mol. The quantitative estimate of drug-likeness (QED) is 0.288. The molecule has 2 heterocycles. The summed E-state index contributed by atoms with van der Waals surface area (Å²) in [7, 11) is 4.17. The van der Waals surface area contributed by atoms with Crippen molar-refractivity contribution in [3.63, 3.8) is 0 Å². The maximum Gasteiger partial charge on any atom is 0.323 e. The number of rotatable bonds is 7. The van der Waals surface area contributed by atoms with Crippen molar-refractivity contribution in [1.82, 2.24) is 5.32 Å². The van der Waals surface area contributed by atoms with E-state index < -0.39 is 42.2 Å². The van der Waals surface area contributed by atoms with E-state index in [0.29, 0.717) is 17.0 Å². The van der Waals surface area contributed by atoms with Crippen LogP contribution in [-0.2, 0) is 19.1 Å². The summed E-state index contributed by atoms with van der Waals surface area (Å²) in [6.07, 6.45) is -0.889. The van der Waals surface area contributed by atoms with Gasteiger partial charge in [-0.05, 0) is 29.8 Å². The molecule has 0 aromatic heterocycles. The van der Waals surface area contributed by atoms with Gasteiger partial charge in [-0.15, -0.1) is 0 Å². The first-order valence-corrected chi connectivity index (χ1v) is 10.4. The molecule has 1 N–H and O–H groups in total. The van der Waals surface area contributed by atoms with Gasteiger partial charge in [0.25, 0.3) is 5.91 Å². The average molecular weight is 455 g/mol. The third-order valence-electron chi connectivity index (χ3n) is 6.41. The zero-order valence-corrected chi connectivity index (χ0v) is 18.4. The van der Waals surface area contributed by atoms with E-state index in [2.05, 4.69) is 5.32 Å². The summed E-state index contributed by atoms with van der Waals surface area (Å²) in [6.45, 7) is 0. The summed E-state index contributed by atoms with van der Waals surface area (Å²) in [5, 5.41) is 15.5. The van der Waals surface area contributed by atoms with Gasteiger partial charge in [-0.3, -0.25) is 25.0 Å². The highest BCUT2D eigenvalue weighted by Crippen LogP contribution is 2.41.